The Morgan fingerprint density at radius 2 is 1.23 bits per heavy atom. The predicted molar refractivity (Wildman–Crippen MR) is 230 cm³/mol. The summed E-state index contributed by atoms with van der Waals surface area (Å²) in [6, 6.07) is 30.1. The van der Waals surface area contributed by atoms with Crippen LogP contribution in [0.25, 0.3) is 66.6 Å². The van der Waals surface area contributed by atoms with Crippen LogP contribution in [0.2, 0.25) is 0 Å². The average Bonchev–Trinajstić information content (AvgIpc) is 3.95. The zero-order chi connectivity index (χ0) is 41.1. The van der Waals surface area contributed by atoms with E-state index < -0.39 is 23.5 Å². The number of hydrogen-bond acceptors (Lipinski definition) is 10. The van der Waals surface area contributed by atoms with E-state index in [9.17, 15) is 9.59 Å². The van der Waals surface area contributed by atoms with Gasteiger partial charge in [-0.25, -0.2) is 34.3 Å². The van der Waals surface area contributed by atoms with E-state index in [-0.39, 0.29) is 10.9 Å². The second kappa shape index (κ2) is 14.4. The lowest BCUT2D eigenvalue weighted by Gasteiger charge is -2.22. The number of anilines is 2. The van der Waals surface area contributed by atoms with Crippen LogP contribution < -0.4 is 21.8 Å². The van der Waals surface area contributed by atoms with Gasteiger partial charge in [-0.3, -0.25) is 18.7 Å². The summed E-state index contributed by atoms with van der Waals surface area (Å²) in [7, 11) is 0. The van der Waals surface area contributed by atoms with Gasteiger partial charge < -0.3 is 20.6 Å². The SMILES string of the molecule is Cc1cccc2cc([C@H](C)Nc3nc(-c4cccc(-n5c([C@H](C)Nc6ncnc7nc[nH]c67)cc6cccc(F)c6c5=O)c4)nc4nc[nH]c34)n(-c3ccccc3)c(=O)c12. The second-order valence-corrected chi connectivity index (χ2v) is 14.6. The number of aromatic nitrogens is 10. The summed E-state index contributed by atoms with van der Waals surface area (Å²) in [6.45, 7) is 5.81. The molecule has 10 aromatic rings. The molecule has 0 radical (unpaired) electrons. The molecule has 0 unspecified atom stereocenters. The average molecular weight is 795 g/mol. The van der Waals surface area contributed by atoms with Crippen molar-refractivity contribution in [2.24, 2.45) is 0 Å². The van der Waals surface area contributed by atoms with Crippen LogP contribution in [0.3, 0.4) is 0 Å². The molecule has 2 atom stereocenters. The lowest BCUT2D eigenvalue weighted by molar-refractivity contribution is 0.637. The number of rotatable bonds is 9. The van der Waals surface area contributed by atoms with Crippen LogP contribution in [-0.2, 0) is 0 Å². The fourth-order valence-electron chi connectivity index (χ4n) is 7.93. The van der Waals surface area contributed by atoms with Crippen molar-refractivity contribution in [3.05, 3.63) is 166 Å². The molecule has 294 valence electrons. The number of halogens is 1. The van der Waals surface area contributed by atoms with E-state index in [0.29, 0.717) is 67.5 Å². The lowest BCUT2D eigenvalue weighted by Crippen LogP contribution is -2.26. The minimum Gasteiger partial charge on any atom is -0.360 e. The molecule has 0 aliphatic heterocycles. The van der Waals surface area contributed by atoms with E-state index in [4.69, 9.17) is 9.97 Å². The normalized spacial score (nSPS) is 12.7. The molecule has 0 bridgehead atoms. The van der Waals surface area contributed by atoms with E-state index in [1.165, 1.54) is 23.3 Å². The number of hydrogen-bond donors (Lipinski definition) is 4. The van der Waals surface area contributed by atoms with E-state index in [0.717, 1.165) is 22.3 Å². The van der Waals surface area contributed by atoms with Crippen LogP contribution in [-0.4, -0.2) is 49.0 Å². The van der Waals surface area contributed by atoms with Crippen molar-refractivity contribution in [2.75, 3.05) is 10.6 Å². The summed E-state index contributed by atoms with van der Waals surface area (Å²) >= 11 is 0. The van der Waals surface area contributed by atoms with Crippen molar-refractivity contribution >= 4 is 55.5 Å². The molecule has 6 heterocycles. The van der Waals surface area contributed by atoms with Crippen LogP contribution in [0.15, 0.2) is 132 Å². The molecule has 14 nitrogen and oxygen atoms in total. The third-order valence-electron chi connectivity index (χ3n) is 10.8. The first-order valence-corrected chi connectivity index (χ1v) is 19.3. The Bertz CT molecular complexity index is 3410. The summed E-state index contributed by atoms with van der Waals surface area (Å²) in [5.74, 6) is 0.656. The Kier molecular flexibility index (Phi) is 8.70. The van der Waals surface area contributed by atoms with Gasteiger partial charge in [0.1, 0.15) is 23.2 Å². The number of pyridine rings is 2. The van der Waals surface area contributed by atoms with Gasteiger partial charge in [0, 0.05) is 28.3 Å². The first kappa shape index (κ1) is 36.3. The first-order valence-electron chi connectivity index (χ1n) is 19.3. The number of imidazole rings is 2. The highest BCUT2D eigenvalue weighted by atomic mass is 19.1. The van der Waals surface area contributed by atoms with Gasteiger partial charge in [-0.15, -0.1) is 0 Å². The molecule has 0 aliphatic carbocycles. The number of aryl methyl sites for hydroxylation is 1. The smallest absolute Gasteiger partial charge is 0.266 e. The Labute approximate surface area is 339 Å². The van der Waals surface area contributed by atoms with Crippen molar-refractivity contribution in [3.8, 4) is 22.8 Å². The molecule has 0 spiro atoms. The number of fused-ring (bicyclic) bond motifs is 4. The largest absolute Gasteiger partial charge is 0.360 e. The quantitative estimate of drug-likeness (QED) is 0.112. The topological polar surface area (TPSA) is 177 Å². The van der Waals surface area contributed by atoms with Gasteiger partial charge in [-0.1, -0.05) is 60.7 Å². The molecule has 6 aromatic heterocycles. The Morgan fingerprint density at radius 3 is 2.00 bits per heavy atom. The number of para-hydroxylation sites is 1. The maximum absolute atomic E-state index is 15.4. The lowest BCUT2D eigenvalue weighted by atomic mass is 10.0. The van der Waals surface area contributed by atoms with Gasteiger partial charge in [0.25, 0.3) is 11.1 Å². The van der Waals surface area contributed by atoms with Gasteiger partial charge in [-0.05, 0) is 79.6 Å². The molecule has 4 N–H and O–H groups in total. The molecule has 0 fully saturated rings. The van der Waals surface area contributed by atoms with E-state index in [2.05, 4.69) is 40.5 Å². The zero-order valence-electron chi connectivity index (χ0n) is 32.5. The molecule has 10 rings (SSSR count). The van der Waals surface area contributed by atoms with Crippen LogP contribution in [0.5, 0.6) is 0 Å². The van der Waals surface area contributed by atoms with Crippen molar-refractivity contribution in [3.63, 3.8) is 0 Å². The van der Waals surface area contributed by atoms with Gasteiger partial charge in [0.2, 0.25) is 0 Å². The molecule has 60 heavy (non-hydrogen) atoms. The minimum atomic E-state index is -0.624. The molecular weight excluding hydrogens is 760 g/mol. The number of H-pyrrole nitrogens is 2. The fraction of sp³-hybridized carbons (Fsp3) is 0.111. The molecule has 15 heteroatoms. The predicted octanol–water partition coefficient (Wildman–Crippen LogP) is 8.09. The Hall–Kier alpha value is -8.07. The van der Waals surface area contributed by atoms with Crippen molar-refractivity contribution < 1.29 is 4.39 Å². The van der Waals surface area contributed by atoms with Gasteiger partial charge >= 0.3 is 0 Å². The van der Waals surface area contributed by atoms with Gasteiger partial charge in [-0.2, -0.15) is 0 Å². The summed E-state index contributed by atoms with van der Waals surface area (Å²) in [6.07, 6.45) is 4.49. The second-order valence-electron chi connectivity index (χ2n) is 14.6. The molecule has 0 saturated carbocycles. The summed E-state index contributed by atoms with van der Waals surface area (Å²) in [5.41, 5.74) is 5.39. The molecule has 0 aliphatic rings. The van der Waals surface area contributed by atoms with Crippen LogP contribution in [0.4, 0.5) is 16.0 Å². The number of benzene rings is 4. The fourth-order valence-corrected chi connectivity index (χ4v) is 7.93. The van der Waals surface area contributed by atoms with Crippen molar-refractivity contribution in [1.29, 1.82) is 0 Å². The zero-order valence-corrected chi connectivity index (χ0v) is 32.5. The summed E-state index contributed by atoms with van der Waals surface area (Å²) in [4.78, 5) is 62.0. The van der Waals surface area contributed by atoms with Crippen LogP contribution >= 0.6 is 0 Å². The van der Waals surface area contributed by atoms with Crippen LogP contribution in [0, 0.1) is 12.7 Å². The molecule has 0 amide bonds. The van der Waals surface area contributed by atoms with Gasteiger partial charge in [0.15, 0.2) is 28.8 Å². The number of nitrogens with one attached hydrogen (secondary N) is 4. The standard InChI is InChI=1S/C45H35FN12O2/c1-24-10-7-11-27-19-33(57(44(59)35(24)27)30-14-5-4-6-15-30)26(3)54-43-38-42(51-22-48-38)55-39(56-43)29-13-8-16-31(18-29)58-34(20-28-12-9-17-32(46)36(28)45(58)60)25(2)53-41-37-40(49-21-47-37)50-23-52-41/h4-23,25-26H,1-3H3,(H2,47,49,50,52,53)(H2,48,51,54,55,56)/t25-,26-/m0/s1. The highest BCUT2D eigenvalue weighted by Gasteiger charge is 2.23. The number of nitrogens with zero attached hydrogens (tertiary/aromatic N) is 8. The van der Waals surface area contributed by atoms with Crippen molar-refractivity contribution in [1.82, 2.24) is 49.0 Å². The maximum Gasteiger partial charge on any atom is 0.266 e. The third kappa shape index (κ3) is 6.11. The molecular formula is C45H35FN12O2. The monoisotopic (exact) mass is 794 g/mol. The summed E-state index contributed by atoms with van der Waals surface area (Å²) in [5, 5.41) is 8.86. The van der Waals surface area contributed by atoms with E-state index >= 15 is 4.39 Å². The van der Waals surface area contributed by atoms with Crippen molar-refractivity contribution in [2.45, 2.75) is 32.9 Å². The van der Waals surface area contributed by atoms with Gasteiger partial charge in [0.05, 0.1) is 35.5 Å². The summed E-state index contributed by atoms with van der Waals surface area (Å²) < 4.78 is 18.7. The third-order valence-corrected chi connectivity index (χ3v) is 10.8. The number of aromatic amines is 2. The van der Waals surface area contributed by atoms with Crippen LogP contribution in [0.1, 0.15) is 42.9 Å². The minimum absolute atomic E-state index is 0.0376. The molecule has 4 aromatic carbocycles. The maximum atomic E-state index is 15.4. The van der Waals surface area contributed by atoms with E-state index in [1.807, 2.05) is 81.4 Å². The van der Waals surface area contributed by atoms with E-state index in [1.54, 1.807) is 47.3 Å². The first-order chi connectivity index (χ1) is 29.2. The Morgan fingerprint density at radius 1 is 0.617 bits per heavy atom. The highest BCUT2D eigenvalue weighted by Crippen LogP contribution is 2.31. The Balaban J connectivity index is 1.08. The molecule has 0 saturated heterocycles. The highest BCUT2D eigenvalue weighted by molar-refractivity contribution is 5.88.